The summed E-state index contributed by atoms with van der Waals surface area (Å²) in [6, 6.07) is 9.89. The van der Waals surface area contributed by atoms with Crippen molar-refractivity contribution in [3.05, 3.63) is 53.5 Å². The van der Waals surface area contributed by atoms with Gasteiger partial charge in [0.05, 0.1) is 17.3 Å². The van der Waals surface area contributed by atoms with Crippen LogP contribution in [-0.2, 0) is 0 Å². The highest BCUT2D eigenvalue weighted by Crippen LogP contribution is 2.30. The number of nitrogens with zero attached hydrogens (tertiary/aromatic N) is 3. The van der Waals surface area contributed by atoms with Crippen molar-refractivity contribution in [3.63, 3.8) is 0 Å². The van der Waals surface area contributed by atoms with Crippen LogP contribution in [0, 0.1) is 17.1 Å². The lowest BCUT2D eigenvalue weighted by Gasteiger charge is -2.27. The third kappa shape index (κ3) is 2.41. The molecular formula is C15H15FN4. The molecule has 4 nitrogen and oxygen atoms in total. The molecule has 102 valence electrons. The Balaban J connectivity index is 2.40. The van der Waals surface area contributed by atoms with Gasteiger partial charge in [0, 0.05) is 18.8 Å². The number of aromatic nitrogens is 1. The molecule has 0 bridgehead atoms. The Morgan fingerprint density at radius 1 is 1.35 bits per heavy atom. The van der Waals surface area contributed by atoms with Crippen LogP contribution < -0.4 is 10.6 Å². The number of rotatable bonds is 3. The smallest absolute Gasteiger partial charge is 0.153 e. The molecule has 1 heterocycles. The second kappa shape index (κ2) is 5.57. The summed E-state index contributed by atoms with van der Waals surface area (Å²) in [6.45, 7) is 1.86. The molecule has 1 unspecified atom stereocenters. The van der Waals surface area contributed by atoms with E-state index >= 15 is 0 Å². The Hall–Kier alpha value is -2.61. The molecule has 0 aliphatic rings. The normalized spacial score (nSPS) is 11.7. The molecule has 1 aromatic heterocycles. The van der Waals surface area contributed by atoms with E-state index in [1.807, 2.05) is 13.0 Å². The van der Waals surface area contributed by atoms with Gasteiger partial charge in [0.25, 0.3) is 0 Å². The van der Waals surface area contributed by atoms with Crippen molar-refractivity contribution in [2.45, 2.75) is 13.0 Å². The van der Waals surface area contributed by atoms with Crippen LogP contribution in [0.4, 0.5) is 15.9 Å². The number of nitriles is 1. The van der Waals surface area contributed by atoms with E-state index in [0.29, 0.717) is 22.6 Å². The number of hydrogen-bond acceptors (Lipinski definition) is 4. The second-order valence-electron chi connectivity index (χ2n) is 4.52. The van der Waals surface area contributed by atoms with E-state index in [-0.39, 0.29) is 11.9 Å². The van der Waals surface area contributed by atoms with Crippen LogP contribution in [0.1, 0.15) is 24.1 Å². The van der Waals surface area contributed by atoms with Gasteiger partial charge in [-0.3, -0.25) is 0 Å². The minimum absolute atomic E-state index is 0.250. The number of pyridine rings is 1. The number of hydrogen-bond donors (Lipinski definition) is 1. The largest absolute Gasteiger partial charge is 0.395 e. The van der Waals surface area contributed by atoms with Crippen LogP contribution in [0.5, 0.6) is 0 Å². The van der Waals surface area contributed by atoms with Crippen molar-refractivity contribution >= 4 is 11.5 Å². The van der Waals surface area contributed by atoms with Crippen LogP contribution in [0.25, 0.3) is 0 Å². The number of halogens is 1. The van der Waals surface area contributed by atoms with Crippen molar-refractivity contribution in [1.82, 2.24) is 4.98 Å². The maximum Gasteiger partial charge on any atom is 0.153 e. The van der Waals surface area contributed by atoms with Gasteiger partial charge in [-0.25, -0.2) is 9.37 Å². The zero-order valence-corrected chi connectivity index (χ0v) is 11.3. The van der Waals surface area contributed by atoms with Crippen LogP contribution in [0.3, 0.4) is 0 Å². The van der Waals surface area contributed by atoms with E-state index in [9.17, 15) is 4.39 Å². The zero-order chi connectivity index (χ0) is 14.7. The monoisotopic (exact) mass is 270 g/mol. The highest BCUT2D eigenvalue weighted by Gasteiger charge is 2.19. The first-order valence-electron chi connectivity index (χ1n) is 6.18. The third-order valence-electron chi connectivity index (χ3n) is 3.36. The first kappa shape index (κ1) is 13.8. The number of benzene rings is 1. The summed E-state index contributed by atoms with van der Waals surface area (Å²) in [5.74, 6) is 0.196. The number of anilines is 2. The summed E-state index contributed by atoms with van der Waals surface area (Å²) < 4.78 is 13.8. The first-order valence-corrected chi connectivity index (χ1v) is 6.18. The number of nitrogen functional groups attached to an aromatic ring is 1. The van der Waals surface area contributed by atoms with Gasteiger partial charge in [-0.15, -0.1) is 0 Å². The molecule has 2 N–H and O–H groups in total. The van der Waals surface area contributed by atoms with Crippen molar-refractivity contribution in [2.75, 3.05) is 17.7 Å². The first-order chi connectivity index (χ1) is 9.56. The van der Waals surface area contributed by atoms with Gasteiger partial charge in [0.2, 0.25) is 0 Å². The van der Waals surface area contributed by atoms with E-state index in [0.717, 1.165) is 0 Å². The van der Waals surface area contributed by atoms with Gasteiger partial charge in [-0.05, 0) is 19.1 Å². The molecule has 20 heavy (non-hydrogen) atoms. The Morgan fingerprint density at radius 3 is 2.70 bits per heavy atom. The average Bonchev–Trinajstić information content (AvgIpc) is 2.46. The molecule has 5 heteroatoms. The van der Waals surface area contributed by atoms with E-state index in [2.05, 4.69) is 4.98 Å². The van der Waals surface area contributed by atoms with E-state index in [4.69, 9.17) is 11.0 Å². The summed E-state index contributed by atoms with van der Waals surface area (Å²) in [5, 5.41) is 8.99. The molecule has 1 aromatic carbocycles. The molecule has 0 spiro atoms. The van der Waals surface area contributed by atoms with Crippen molar-refractivity contribution in [2.24, 2.45) is 0 Å². The maximum absolute atomic E-state index is 13.8. The van der Waals surface area contributed by atoms with Gasteiger partial charge in [-0.2, -0.15) is 5.26 Å². The Labute approximate surface area is 117 Å². The molecule has 0 aliphatic heterocycles. The lowest BCUT2D eigenvalue weighted by atomic mass is 10.1. The van der Waals surface area contributed by atoms with Crippen molar-refractivity contribution in [1.29, 1.82) is 5.26 Å². The summed E-state index contributed by atoms with van der Waals surface area (Å²) in [7, 11) is 1.77. The third-order valence-corrected chi connectivity index (χ3v) is 3.36. The predicted molar refractivity (Wildman–Crippen MR) is 76.6 cm³/mol. The lowest BCUT2D eigenvalue weighted by molar-refractivity contribution is 0.584. The quantitative estimate of drug-likeness (QED) is 0.931. The minimum Gasteiger partial charge on any atom is -0.395 e. The van der Waals surface area contributed by atoms with Crippen LogP contribution in [0.15, 0.2) is 36.5 Å². The zero-order valence-electron chi connectivity index (χ0n) is 11.3. The minimum atomic E-state index is -0.276. The second-order valence-corrected chi connectivity index (χ2v) is 4.52. The Morgan fingerprint density at radius 2 is 2.05 bits per heavy atom. The van der Waals surface area contributed by atoms with Crippen LogP contribution >= 0.6 is 0 Å². The van der Waals surface area contributed by atoms with Gasteiger partial charge >= 0.3 is 0 Å². The standard InChI is InChI=1S/C15H15FN4/c1-10(12-5-3-4-6-13(12)16)20(2)15-14(18)11(9-17)7-8-19-15/h3-8,10H,18H2,1-2H3. The molecule has 0 aliphatic carbocycles. The summed E-state index contributed by atoms with van der Waals surface area (Å²) in [5.41, 5.74) is 7.15. The molecule has 2 aromatic rings. The molecular weight excluding hydrogens is 255 g/mol. The summed E-state index contributed by atoms with van der Waals surface area (Å²) in [4.78, 5) is 5.95. The van der Waals surface area contributed by atoms with Gasteiger partial charge in [-0.1, -0.05) is 18.2 Å². The van der Waals surface area contributed by atoms with Crippen LogP contribution in [0.2, 0.25) is 0 Å². The fraction of sp³-hybridized carbons (Fsp3) is 0.200. The predicted octanol–water partition coefficient (Wildman–Crippen LogP) is 2.87. The molecule has 2 rings (SSSR count). The highest BCUT2D eigenvalue weighted by molar-refractivity contribution is 5.70. The molecule has 1 atom stereocenters. The van der Waals surface area contributed by atoms with Crippen LogP contribution in [-0.4, -0.2) is 12.0 Å². The summed E-state index contributed by atoms with van der Waals surface area (Å²) in [6.07, 6.45) is 1.52. The summed E-state index contributed by atoms with van der Waals surface area (Å²) >= 11 is 0. The lowest BCUT2D eigenvalue weighted by Crippen LogP contribution is -2.24. The molecule has 0 radical (unpaired) electrons. The highest BCUT2D eigenvalue weighted by atomic mass is 19.1. The van der Waals surface area contributed by atoms with Crippen molar-refractivity contribution < 1.29 is 4.39 Å². The molecule has 0 amide bonds. The Bertz CT molecular complexity index is 663. The van der Waals surface area contributed by atoms with Crippen molar-refractivity contribution in [3.8, 4) is 6.07 Å². The van der Waals surface area contributed by atoms with E-state index < -0.39 is 0 Å². The van der Waals surface area contributed by atoms with Gasteiger partial charge < -0.3 is 10.6 Å². The van der Waals surface area contributed by atoms with E-state index in [1.54, 1.807) is 36.2 Å². The average molecular weight is 270 g/mol. The van der Waals surface area contributed by atoms with Gasteiger partial charge in [0.15, 0.2) is 5.82 Å². The Kier molecular flexibility index (Phi) is 3.85. The topological polar surface area (TPSA) is 65.9 Å². The SMILES string of the molecule is CC(c1ccccc1F)N(C)c1nccc(C#N)c1N. The van der Waals surface area contributed by atoms with Gasteiger partial charge in [0.1, 0.15) is 11.9 Å². The molecule has 0 saturated carbocycles. The fourth-order valence-corrected chi connectivity index (χ4v) is 2.05. The fourth-order valence-electron chi connectivity index (χ4n) is 2.05. The molecule has 0 saturated heterocycles. The molecule has 0 fully saturated rings. The maximum atomic E-state index is 13.8. The number of nitrogens with two attached hydrogens (primary N) is 1. The van der Waals surface area contributed by atoms with E-state index in [1.165, 1.54) is 12.3 Å².